The van der Waals surface area contributed by atoms with Crippen molar-refractivity contribution in [1.29, 1.82) is 0 Å². The molecule has 1 aliphatic heterocycles. The molecule has 1 atom stereocenters. The lowest BCUT2D eigenvalue weighted by atomic mass is 10.1. The molecule has 7 heteroatoms. The Morgan fingerprint density at radius 3 is 2.88 bits per heavy atom. The van der Waals surface area contributed by atoms with Crippen LogP contribution in [0.2, 0.25) is 0 Å². The highest BCUT2D eigenvalue weighted by molar-refractivity contribution is 5.58. The molecule has 130 valence electrons. The van der Waals surface area contributed by atoms with Gasteiger partial charge >= 0.3 is 0 Å². The summed E-state index contributed by atoms with van der Waals surface area (Å²) in [6.45, 7) is 2.03. The molecule has 4 rings (SSSR count). The van der Waals surface area contributed by atoms with Crippen molar-refractivity contribution in [3.8, 4) is 0 Å². The zero-order chi connectivity index (χ0) is 17.1. The van der Waals surface area contributed by atoms with Gasteiger partial charge in [0.2, 0.25) is 5.95 Å². The number of aromatic nitrogens is 3. The van der Waals surface area contributed by atoms with Crippen molar-refractivity contribution in [3.05, 3.63) is 48.3 Å². The van der Waals surface area contributed by atoms with E-state index < -0.39 is 0 Å². The lowest BCUT2D eigenvalue weighted by Gasteiger charge is -2.18. The molecule has 1 saturated heterocycles. The van der Waals surface area contributed by atoms with Crippen LogP contribution in [0.25, 0.3) is 5.65 Å². The van der Waals surface area contributed by atoms with Gasteiger partial charge in [0.05, 0.1) is 0 Å². The molecule has 1 aromatic carbocycles. The molecule has 0 spiro atoms. The van der Waals surface area contributed by atoms with Crippen LogP contribution in [-0.2, 0) is 0 Å². The van der Waals surface area contributed by atoms with E-state index in [9.17, 15) is 4.39 Å². The largest absolute Gasteiger partial charge is 0.366 e. The zero-order valence-corrected chi connectivity index (χ0v) is 13.9. The topological polar surface area (TPSA) is 66.3 Å². The Morgan fingerprint density at radius 2 is 2.00 bits per heavy atom. The number of pyridine rings is 1. The van der Waals surface area contributed by atoms with E-state index in [1.54, 1.807) is 16.6 Å². The van der Waals surface area contributed by atoms with E-state index >= 15 is 0 Å². The van der Waals surface area contributed by atoms with E-state index in [2.05, 4.69) is 26.0 Å². The van der Waals surface area contributed by atoms with E-state index in [1.165, 1.54) is 25.0 Å². The molecule has 0 radical (unpaired) electrons. The maximum atomic E-state index is 13.0. The van der Waals surface area contributed by atoms with Crippen molar-refractivity contribution in [2.24, 2.45) is 0 Å². The number of fused-ring (bicyclic) bond motifs is 1. The molecule has 3 N–H and O–H groups in total. The minimum absolute atomic E-state index is 0.267. The average Bonchev–Trinajstić information content (AvgIpc) is 2.85. The normalized spacial score (nSPS) is 18.0. The third-order valence-electron chi connectivity index (χ3n) is 4.36. The van der Waals surface area contributed by atoms with Crippen molar-refractivity contribution in [2.45, 2.75) is 25.3 Å². The summed E-state index contributed by atoms with van der Waals surface area (Å²) in [7, 11) is 0. The highest BCUT2D eigenvalue weighted by Gasteiger charge is 2.14. The summed E-state index contributed by atoms with van der Waals surface area (Å²) in [5.41, 5.74) is 1.51. The maximum absolute atomic E-state index is 13.0. The number of halogens is 1. The molecule has 2 aromatic heterocycles. The highest BCUT2D eigenvalue weighted by Crippen LogP contribution is 2.18. The summed E-state index contributed by atoms with van der Waals surface area (Å²) < 4.78 is 14.8. The van der Waals surface area contributed by atoms with Crippen LogP contribution in [0.15, 0.2) is 42.5 Å². The second kappa shape index (κ2) is 7.06. The van der Waals surface area contributed by atoms with Crippen LogP contribution in [0.1, 0.15) is 19.3 Å². The number of rotatable bonds is 4. The van der Waals surface area contributed by atoms with Crippen LogP contribution in [0.3, 0.4) is 0 Å². The Morgan fingerprint density at radius 1 is 1.12 bits per heavy atom. The number of anilines is 3. The van der Waals surface area contributed by atoms with Gasteiger partial charge in [-0.25, -0.2) is 4.39 Å². The van der Waals surface area contributed by atoms with Gasteiger partial charge in [0.1, 0.15) is 11.6 Å². The summed E-state index contributed by atoms with van der Waals surface area (Å²) in [6.07, 6.45) is 3.57. The second-order valence-corrected chi connectivity index (χ2v) is 6.29. The van der Waals surface area contributed by atoms with Gasteiger partial charge in [-0.1, -0.05) is 12.5 Å². The van der Waals surface area contributed by atoms with Crippen LogP contribution >= 0.6 is 0 Å². The van der Waals surface area contributed by atoms with Crippen molar-refractivity contribution in [1.82, 2.24) is 19.9 Å². The van der Waals surface area contributed by atoms with Crippen LogP contribution in [0, 0.1) is 5.82 Å². The number of hydrogen-bond acceptors (Lipinski definition) is 5. The molecule has 1 aliphatic rings. The molecule has 0 amide bonds. The predicted octanol–water partition coefficient (Wildman–Crippen LogP) is 3.17. The Labute approximate surface area is 145 Å². The first kappa shape index (κ1) is 15.8. The van der Waals surface area contributed by atoms with Gasteiger partial charge in [0, 0.05) is 18.3 Å². The molecule has 0 bridgehead atoms. The Hall–Kier alpha value is -2.67. The monoisotopic (exact) mass is 340 g/mol. The highest BCUT2D eigenvalue weighted by atomic mass is 19.1. The summed E-state index contributed by atoms with van der Waals surface area (Å²) in [5.74, 6) is 1.14. The first-order valence-electron chi connectivity index (χ1n) is 8.63. The fourth-order valence-corrected chi connectivity index (χ4v) is 3.08. The van der Waals surface area contributed by atoms with Crippen LogP contribution in [-0.4, -0.2) is 33.7 Å². The minimum atomic E-state index is -0.267. The van der Waals surface area contributed by atoms with Crippen LogP contribution < -0.4 is 16.0 Å². The Balaban J connectivity index is 1.56. The molecule has 25 heavy (non-hydrogen) atoms. The second-order valence-electron chi connectivity index (χ2n) is 6.29. The first-order chi connectivity index (χ1) is 12.3. The summed E-state index contributed by atoms with van der Waals surface area (Å²) >= 11 is 0. The fraction of sp³-hybridized carbons (Fsp3) is 0.333. The van der Waals surface area contributed by atoms with Gasteiger partial charge in [-0.05, 0) is 55.8 Å². The quantitative estimate of drug-likeness (QED) is 0.681. The molecule has 0 aliphatic carbocycles. The standard InChI is InChI=1S/C18H21FN6/c19-13-7-9-14(10-8-13)22-18-23-17-6-3-5-16(25(17)24-18)21-15-4-1-2-11-20-12-15/h3,5-10,15,20-21H,1-2,4,11-12H2,(H,22,24). The van der Waals surface area contributed by atoms with Gasteiger partial charge in [0.15, 0.2) is 5.65 Å². The SMILES string of the molecule is Fc1ccc(Nc2nc3cccc(NC4CCCCNC4)n3n2)cc1. The van der Waals surface area contributed by atoms with E-state index in [0.717, 1.165) is 36.7 Å². The van der Waals surface area contributed by atoms with E-state index in [0.29, 0.717) is 12.0 Å². The van der Waals surface area contributed by atoms with Crippen molar-refractivity contribution in [2.75, 3.05) is 23.7 Å². The Kier molecular flexibility index (Phi) is 4.47. The molecular weight excluding hydrogens is 319 g/mol. The van der Waals surface area contributed by atoms with E-state index in [-0.39, 0.29) is 5.82 Å². The third-order valence-corrected chi connectivity index (χ3v) is 4.36. The minimum Gasteiger partial charge on any atom is -0.366 e. The van der Waals surface area contributed by atoms with Gasteiger partial charge in [-0.3, -0.25) is 0 Å². The fourth-order valence-electron chi connectivity index (χ4n) is 3.08. The lowest BCUT2D eigenvalue weighted by Crippen LogP contribution is -2.31. The number of nitrogens with zero attached hydrogens (tertiary/aromatic N) is 3. The maximum Gasteiger partial charge on any atom is 0.247 e. The summed E-state index contributed by atoms with van der Waals surface area (Å²) in [6, 6.07) is 12.4. The van der Waals surface area contributed by atoms with Crippen molar-refractivity contribution >= 4 is 23.1 Å². The smallest absolute Gasteiger partial charge is 0.247 e. The van der Waals surface area contributed by atoms with Crippen LogP contribution in [0.4, 0.5) is 21.8 Å². The summed E-state index contributed by atoms with van der Waals surface area (Å²) in [4.78, 5) is 4.49. The van der Waals surface area contributed by atoms with Crippen LogP contribution in [0.5, 0.6) is 0 Å². The molecule has 3 heterocycles. The van der Waals surface area contributed by atoms with Gasteiger partial charge in [-0.2, -0.15) is 9.50 Å². The number of benzene rings is 1. The van der Waals surface area contributed by atoms with Crippen molar-refractivity contribution in [3.63, 3.8) is 0 Å². The zero-order valence-electron chi connectivity index (χ0n) is 13.9. The molecule has 0 saturated carbocycles. The van der Waals surface area contributed by atoms with E-state index in [4.69, 9.17) is 0 Å². The molecule has 1 unspecified atom stereocenters. The van der Waals surface area contributed by atoms with Gasteiger partial charge in [0.25, 0.3) is 0 Å². The molecule has 1 fully saturated rings. The summed E-state index contributed by atoms with van der Waals surface area (Å²) in [5, 5.41) is 14.7. The molecule has 6 nitrogen and oxygen atoms in total. The van der Waals surface area contributed by atoms with E-state index in [1.807, 2.05) is 18.2 Å². The average molecular weight is 340 g/mol. The Bertz CT molecular complexity index is 836. The molecular formula is C18H21FN6. The number of hydrogen-bond donors (Lipinski definition) is 3. The molecule has 3 aromatic rings. The predicted molar refractivity (Wildman–Crippen MR) is 96.8 cm³/mol. The lowest BCUT2D eigenvalue weighted by molar-refractivity contribution is 0.628. The van der Waals surface area contributed by atoms with Gasteiger partial charge in [-0.15, -0.1) is 5.10 Å². The van der Waals surface area contributed by atoms with Crippen molar-refractivity contribution < 1.29 is 4.39 Å². The first-order valence-corrected chi connectivity index (χ1v) is 8.63. The third kappa shape index (κ3) is 3.71. The van der Waals surface area contributed by atoms with Gasteiger partial charge < -0.3 is 16.0 Å². The number of nitrogens with one attached hydrogen (secondary N) is 3.